The zero-order valence-electron chi connectivity index (χ0n) is 12.6. The van der Waals surface area contributed by atoms with Crippen LogP contribution in [-0.4, -0.2) is 19.6 Å². The van der Waals surface area contributed by atoms with Crippen molar-refractivity contribution in [3.05, 3.63) is 53.0 Å². The topological polar surface area (TPSA) is 50.9 Å². The molecule has 3 aromatic rings. The highest BCUT2D eigenvalue weighted by Crippen LogP contribution is 2.22. The number of fused-ring (bicyclic) bond motifs is 1. The van der Waals surface area contributed by atoms with Gasteiger partial charge in [-0.15, -0.1) is 0 Å². The second kappa shape index (κ2) is 5.30. The monoisotopic (exact) mass is 281 g/mol. The van der Waals surface area contributed by atoms with Crippen LogP contribution in [0.15, 0.2) is 30.6 Å². The quantitative estimate of drug-likeness (QED) is 0.802. The molecule has 0 saturated heterocycles. The van der Waals surface area contributed by atoms with E-state index in [9.17, 15) is 5.11 Å². The van der Waals surface area contributed by atoms with Crippen LogP contribution < -0.4 is 0 Å². The van der Waals surface area contributed by atoms with Gasteiger partial charge in [0.2, 0.25) is 0 Å². The third-order valence-electron chi connectivity index (χ3n) is 3.88. The molecule has 4 heteroatoms. The summed E-state index contributed by atoms with van der Waals surface area (Å²) in [5.41, 5.74) is 6.33. The molecule has 1 N–H and O–H groups in total. The van der Waals surface area contributed by atoms with Gasteiger partial charge in [-0.25, -0.2) is 9.97 Å². The molecule has 0 aliphatic carbocycles. The lowest BCUT2D eigenvalue weighted by atomic mass is 10.1. The van der Waals surface area contributed by atoms with Crippen molar-refractivity contribution in [3.8, 4) is 5.82 Å². The normalized spacial score (nSPS) is 11.2. The molecule has 0 bridgehead atoms. The second-order valence-corrected chi connectivity index (χ2v) is 5.38. The highest BCUT2D eigenvalue weighted by atomic mass is 16.3. The van der Waals surface area contributed by atoms with Crippen LogP contribution >= 0.6 is 0 Å². The van der Waals surface area contributed by atoms with Crippen LogP contribution in [0.2, 0.25) is 0 Å². The Labute approximate surface area is 124 Å². The zero-order valence-corrected chi connectivity index (χ0v) is 12.6. The van der Waals surface area contributed by atoms with Crippen molar-refractivity contribution in [2.75, 3.05) is 0 Å². The number of hydrogen-bond donors (Lipinski definition) is 1. The lowest BCUT2D eigenvalue weighted by molar-refractivity contribution is 0.281. The van der Waals surface area contributed by atoms with Crippen LogP contribution in [0.5, 0.6) is 0 Å². The Hall–Kier alpha value is -2.20. The average Bonchev–Trinajstić information content (AvgIpc) is 2.90. The summed E-state index contributed by atoms with van der Waals surface area (Å²) in [7, 11) is 0. The van der Waals surface area contributed by atoms with Gasteiger partial charge in [0, 0.05) is 5.69 Å². The van der Waals surface area contributed by atoms with Gasteiger partial charge in [-0.2, -0.15) is 0 Å². The summed E-state index contributed by atoms with van der Waals surface area (Å²) in [6, 6.07) is 8.09. The number of imidazole rings is 1. The fourth-order valence-corrected chi connectivity index (χ4v) is 2.48. The molecule has 0 atom stereocenters. The van der Waals surface area contributed by atoms with Crippen molar-refractivity contribution in [2.45, 2.75) is 33.8 Å². The highest BCUT2D eigenvalue weighted by molar-refractivity contribution is 5.79. The molecule has 0 unspecified atom stereocenters. The largest absolute Gasteiger partial charge is 0.392 e. The molecule has 108 valence electrons. The summed E-state index contributed by atoms with van der Waals surface area (Å²) >= 11 is 0. The summed E-state index contributed by atoms with van der Waals surface area (Å²) in [6.07, 6.45) is 2.64. The summed E-state index contributed by atoms with van der Waals surface area (Å²) in [4.78, 5) is 9.12. The number of benzene rings is 1. The Morgan fingerprint density at radius 2 is 1.86 bits per heavy atom. The predicted molar refractivity (Wildman–Crippen MR) is 83.6 cm³/mol. The molecule has 0 saturated carbocycles. The van der Waals surface area contributed by atoms with Gasteiger partial charge >= 0.3 is 0 Å². The molecule has 21 heavy (non-hydrogen) atoms. The SMILES string of the molecule is CCc1cc(CO)cc(-n2cnc3cc(C)c(C)cc32)n1. The van der Waals surface area contributed by atoms with Crippen LogP contribution in [0.3, 0.4) is 0 Å². The number of nitrogens with zero attached hydrogens (tertiary/aromatic N) is 3. The van der Waals surface area contributed by atoms with Gasteiger partial charge in [0.1, 0.15) is 12.1 Å². The second-order valence-electron chi connectivity index (χ2n) is 5.38. The maximum Gasteiger partial charge on any atom is 0.138 e. The zero-order chi connectivity index (χ0) is 15.0. The molecular formula is C17H19N3O. The van der Waals surface area contributed by atoms with Gasteiger partial charge in [0.05, 0.1) is 17.6 Å². The van der Waals surface area contributed by atoms with Crippen molar-refractivity contribution >= 4 is 11.0 Å². The average molecular weight is 281 g/mol. The Balaban J connectivity index is 2.22. The number of aliphatic hydroxyl groups excluding tert-OH is 1. The first-order chi connectivity index (χ1) is 10.1. The number of rotatable bonds is 3. The molecule has 1 aromatic carbocycles. The summed E-state index contributed by atoms with van der Waals surface area (Å²) in [6.45, 7) is 6.27. The Morgan fingerprint density at radius 1 is 1.10 bits per heavy atom. The smallest absolute Gasteiger partial charge is 0.138 e. The molecule has 2 heterocycles. The number of aromatic nitrogens is 3. The Kier molecular flexibility index (Phi) is 3.47. The molecule has 0 fully saturated rings. The fraction of sp³-hybridized carbons (Fsp3) is 0.294. The van der Waals surface area contributed by atoms with E-state index in [1.807, 2.05) is 16.7 Å². The third-order valence-corrected chi connectivity index (χ3v) is 3.88. The first-order valence-electron chi connectivity index (χ1n) is 7.17. The molecule has 2 aromatic heterocycles. The maximum absolute atomic E-state index is 9.42. The van der Waals surface area contributed by atoms with E-state index in [0.717, 1.165) is 34.5 Å². The number of aryl methyl sites for hydroxylation is 3. The third kappa shape index (κ3) is 2.43. The van der Waals surface area contributed by atoms with Crippen LogP contribution in [0.4, 0.5) is 0 Å². The number of pyridine rings is 1. The van der Waals surface area contributed by atoms with E-state index < -0.39 is 0 Å². The molecular weight excluding hydrogens is 262 g/mol. The number of aliphatic hydroxyl groups is 1. The van der Waals surface area contributed by atoms with Gasteiger partial charge in [-0.1, -0.05) is 6.92 Å². The maximum atomic E-state index is 9.42. The van der Waals surface area contributed by atoms with E-state index in [1.54, 1.807) is 6.33 Å². The van der Waals surface area contributed by atoms with Crippen LogP contribution in [0.25, 0.3) is 16.9 Å². The lowest BCUT2D eigenvalue weighted by Crippen LogP contribution is -2.01. The van der Waals surface area contributed by atoms with E-state index in [1.165, 1.54) is 11.1 Å². The van der Waals surface area contributed by atoms with Crippen molar-refractivity contribution in [1.29, 1.82) is 0 Å². The highest BCUT2D eigenvalue weighted by Gasteiger charge is 2.09. The van der Waals surface area contributed by atoms with E-state index in [-0.39, 0.29) is 6.61 Å². The Morgan fingerprint density at radius 3 is 2.57 bits per heavy atom. The minimum Gasteiger partial charge on any atom is -0.392 e. The fourth-order valence-electron chi connectivity index (χ4n) is 2.48. The van der Waals surface area contributed by atoms with Crippen LogP contribution in [-0.2, 0) is 13.0 Å². The van der Waals surface area contributed by atoms with Gasteiger partial charge < -0.3 is 5.11 Å². The summed E-state index contributed by atoms with van der Waals surface area (Å²) < 4.78 is 1.99. The Bertz CT molecular complexity index is 783. The van der Waals surface area contributed by atoms with Crippen molar-refractivity contribution in [2.24, 2.45) is 0 Å². The minimum absolute atomic E-state index is 0.0211. The van der Waals surface area contributed by atoms with Crippen LogP contribution in [0.1, 0.15) is 29.3 Å². The van der Waals surface area contributed by atoms with E-state index in [0.29, 0.717) is 0 Å². The molecule has 0 radical (unpaired) electrons. The van der Waals surface area contributed by atoms with Gasteiger partial charge in [-0.3, -0.25) is 4.57 Å². The van der Waals surface area contributed by atoms with Crippen LogP contribution in [0, 0.1) is 13.8 Å². The van der Waals surface area contributed by atoms with Gasteiger partial charge in [-0.05, 0) is 61.2 Å². The first-order valence-corrected chi connectivity index (χ1v) is 7.17. The lowest BCUT2D eigenvalue weighted by Gasteiger charge is -2.09. The summed E-state index contributed by atoms with van der Waals surface area (Å²) in [5.74, 6) is 0.809. The van der Waals surface area contributed by atoms with Gasteiger partial charge in [0.15, 0.2) is 0 Å². The molecule has 4 nitrogen and oxygen atoms in total. The van der Waals surface area contributed by atoms with Crippen molar-refractivity contribution < 1.29 is 5.11 Å². The molecule has 0 spiro atoms. The summed E-state index contributed by atoms with van der Waals surface area (Å²) in [5, 5.41) is 9.42. The number of hydrogen-bond acceptors (Lipinski definition) is 3. The first kappa shape index (κ1) is 13.8. The van der Waals surface area contributed by atoms with Crippen molar-refractivity contribution in [3.63, 3.8) is 0 Å². The van der Waals surface area contributed by atoms with Gasteiger partial charge in [0.25, 0.3) is 0 Å². The van der Waals surface area contributed by atoms with E-state index in [4.69, 9.17) is 0 Å². The van der Waals surface area contributed by atoms with E-state index in [2.05, 4.69) is 42.9 Å². The molecule has 0 aliphatic heterocycles. The molecule has 3 rings (SSSR count). The van der Waals surface area contributed by atoms with E-state index >= 15 is 0 Å². The molecule has 0 amide bonds. The predicted octanol–water partition coefficient (Wildman–Crippen LogP) is 3.09. The minimum atomic E-state index is 0.0211. The molecule has 0 aliphatic rings. The standard InChI is InChI=1S/C17H19N3O/c1-4-14-7-13(9-21)8-17(19-14)20-10-18-15-5-11(2)12(3)6-16(15)20/h5-8,10,21H,4,9H2,1-3H3. The van der Waals surface area contributed by atoms with Crippen molar-refractivity contribution in [1.82, 2.24) is 14.5 Å².